The summed E-state index contributed by atoms with van der Waals surface area (Å²) < 4.78 is 0.975. The number of fused-ring (bicyclic) bond motifs is 1. The lowest BCUT2D eigenvalue weighted by atomic mass is 10.1. The smallest absolute Gasteiger partial charge is 0.103 e. The van der Waals surface area contributed by atoms with Crippen LogP contribution in [0, 0.1) is 11.3 Å². The third kappa shape index (κ3) is 3.10. The normalized spacial score (nSPS) is 10.4. The number of pyridine rings is 1. The molecule has 0 aliphatic carbocycles. The summed E-state index contributed by atoms with van der Waals surface area (Å²) in [6.45, 7) is 0.768. The van der Waals surface area contributed by atoms with Crippen molar-refractivity contribution in [3.05, 3.63) is 70.3 Å². The van der Waals surface area contributed by atoms with Gasteiger partial charge in [0.25, 0.3) is 0 Å². The molecule has 1 heterocycles. The van der Waals surface area contributed by atoms with E-state index in [9.17, 15) is 5.26 Å². The minimum Gasteiger partial charge on any atom is -0.383 e. The van der Waals surface area contributed by atoms with Crippen LogP contribution >= 0.6 is 15.9 Å². The number of nitrogens with one attached hydrogen (secondary N) is 1. The number of rotatable bonds is 4. The molecule has 3 aromatic rings. The Kier molecular flexibility index (Phi) is 4.36. The number of hydrogen-bond acceptors (Lipinski definition) is 3. The third-order valence-electron chi connectivity index (χ3n) is 3.51. The average Bonchev–Trinajstić information content (AvgIpc) is 2.56. The topological polar surface area (TPSA) is 48.7 Å². The van der Waals surface area contributed by atoms with Gasteiger partial charge in [0.15, 0.2) is 0 Å². The van der Waals surface area contributed by atoms with Crippen molar-refractivity contribution in [1.82, 2.24) is 4.98 Å². The first-order valence-electron chi connectivity index (χ1n) is 7.04. The average molecular weight is 352 g/mol. The molecule has 0 amide bonds. The van der Waals surface area contributed by atoms with Gasteiger partial charge in [-0.05, 0) is 30.2 Å². The SMILES string of the molecule is N#Cc1cnc2ccc(Br)cc2c1NCCc1ccccc1. The monoisotopic (exact) mass is 351 g/mol. The Labute approximate surface area is 137 Å². The molecule has 0 unspecified atom stereocenters. The van der Waals surface area contributed by atoms with Gasteiger partial charge in [-0.25, -0.2) is 0 Å². The molecule has 3 rings (SSSR count). The van der Waals surface area contributed by atoms with Gasteiger partial charge in [0.05, 0.1) is 16.8 Å². The Bertz CT molecular complexity index is 838. The van der Waals surface area contributed by atoms with E-state index in [1.807, 2.05) is 36.4 Å². The van der Waals surface area contributed by atoms with E-state index in [0.717, 1.165) is 34.0 Å². The Morgan fingerprint density at radius 3 is 2.73 bits per heavy atom. The van der Waals surface area contributed by atoms with Gasteiger partial charge in [0, 0.05) is 22.6 Å². The highest BCUT2D eigenvalue weighted by molar-refractivity contribution is 9.10. The van der Waals surface area contributed by atoms with Crippen LogP contribution in [0.2, 0.25) is 0 Å². The summed E-state index contributed by atoms with van der Waals surface area (Å²) in [4.78, 5) is 4.34. The zero-order valence-electron chi connectivity index (χ0n) is 11.9. The van der Waals surface area contributed by atoms with Crippen LogP contribution in [0.1, 0.15) is 11.1 Å². The van der Waals surface area contributed by atoms with Crippen molar-refractivity contribution in [3.63, 3.8) is 0 Å². The summed E-state index contributed by atoms with van der Waals surface area (Å²) in [6.07, 6.45) is 2.53. The molecule has 22 heavy (non-hydrogen) atoms. The summed E-state index contributed by atoms with van der Waals surface area (Å²) in [7, 11) is 0. The minimum absolute atomic E-state index is 0.568. The first kappa shape index (κ1) is 14.6. The van der Waals surface area contributed by atoms with Crippen molar-refractivity contribution in [2.24, 2.45) is 0 Å². The van der Waals surface area contributed by atoms with Crippen molar-refractivity contribution in [2.75, 3.05) is 11.9 Å². The van der Waals surface area contributed by atoms with E-state index < -0.39 is 0 Å². The van der Waals surface area contributed by atoms with Crippen LogP contribution in [0.4, 0.5) is 5.69 Å². The van der Waals surface area contributed by atoms with Gasteiger partial charge in [0.2, 0.25) is 0 Å². The highest BCUT2D eigenvalue weighted by Gasteiger charge is 2.09. The molecule has 0 spiro atoms. The predicted molar refractivity (Wildman–Crippen MR) is 92.8 cm³/mol. The zero-order chi connectivity index (χ0) is 15.4. The van der Waals surface area contributed by atoms with Gasteiger partial charge in [-0.3, -0.25) is 4.98 Å². The summed E-state index contributed by atoms with van der Waals surface area (Å²) in [6, 6.07) is 18.4. The highest BCUT2D eigenvalue weighted by Crippen LogP contribution is 2.28. The second kappa shape index (κ2) is 6.59. The molecular formula is C18H14BrN3. The van der Waals surface area contributed by atoms with E-state index in [4.69, 9.17) is 0 Å². The molecule has 0 bridgehead atoms. The molecule has 3 nitrogen and oxygen atoms in total. The maximum Gasteiger partial charge on any atom is 0.103 e. The Balaban J connectivity index is 1.88. The van der Waals surface area contributed by atoms with Crippen molar-refractivity contribution in [1.29, 1.82) is 5.26 Å². The standard InChI is InChI=1S/C18H14BrN3/c19-15-6-7-17-16(10-15)18(14(11-20)12-22-17)21-9-8-13-4-2-1-3-5-13/h1-7,10,12H,8-9H2,(H,21,22). The van der Waals surface area contributed by atoms with E-state index in [0.29, 0.717) is 5.56 Å². The van der Waals surface area contributed by atoms with Gasteiger partial charge in [-0.1, -0.05) is 46.3 Å². The molecule has 0 radical (unpaired) electrons. The van der Waals surface area contributed by atoms with Crippen LogP contribution in [-0.2, 0) is 6.42 Å². The van der Waals surface area contributed by atoms with Crippen LogP contribution in [0.3, 0.4) is 0 Å². The van der Waals surface area contributed by atoms with E-state index in [1.54, 1.807) is 6.20 Å². The first-order valence-corrected chi connectivity index (χ1v) is 7.83. The van der Waals surface area contributed by atoms with Gasteiger partial charge in [-0.2, -0.15) is 5.26 Å². The lowest BCUT2D eigenvalue weighted by Crippen LogP contribution is -2.07. The molecule has 108 valence electrons. The lowest BCUT2D eigenvalue weighted by Gasteiger charge is -2.11. The highest BCUT2D eigenvalue weighted by atomic mass is 79.9. The second-order valence-corrected chi connectivity index (χ2v) is 5.90. The number of nitriles is 1. The number of aromatic nitrogens is 1. The van der Waals surface area contributed by atoms with Gasteiger partial charge >= 0.3 is 0 Å². The van der Waals surface area contributed by atoms with Crippen molar-refractivity contribution >= 4 is 32.5 Å². The lowest BCUT2D eigenvalue weighted by molar-refractivity contribution is 1.02. The van der Waals surface area contributed by atoms with E-state index in [1.165, 1.54) is 5.56 Å². The van der Waals surface area contributed by atoms with Gasteiger partial charge in [0.1, 0.15) is 6.07 Å². The Hall–Kier alpha value is -2.38. The fraction of sp³-hybridized carbons (Fsp3) is 0.111. The second-order valence-electron chi connectivity index (χ2n) is 4.98. The Morgan fingerprint density at radius 1 is 1.14 bits per heavy atom. The maximum atomic E-state index is 9.32. The molecule has 0 fully saturated rings. The fourth-order valence-electron chi connectivity index (χ4n) is 2.42. The number of benzene rings is 2. The summed E-state index contributed by atoms with van der Waals surface area (Å²) in [5, 5.41) is 13.7. The van der Waals surface area contributed by atoms with Crippen LogP contribution in [0.25, 0.3) is 10.9 Å². The molecular weight excluding hydrogens is 338 g/mol. The Morgan fingerprint density at radius 2 is 1.95 bits per heavy atom. The molecule has 1 aromatic heterocycles. The largest absolute Gasteiger partial charge is 0.383 e. The summed E-state index contributed by atoms with van der Waals surface area (Å²) in [5.41, 5.74) is 3.57. The summed E-state index contributed by atoms with van der Waals surface area (Å²) in [5.74, 6) is 0. The molecule has 2 aromatic carbocycles. The van der Waals surface area contributed by atoms with Crippen molar-refractivity contribution < 1.29 is 0 Å². The zero-order valence-corrected chi connectivity index (χ0v) is 13.5. The molecule has 0 saturated heterocycles. The summed E-state index contributed by atoms with van der Waals surface area (Å²) >= 11 is 3.48. The van der Waals surface area contributed by atoms with Crippen LogP contribution in [0.5, 0.6) is 0 Å². The predicted octanol–water partition coefficient (Wildman–Crippen LogP) is 4.52. The van der Waals surface area contributed by atoms with Crippen molar-refractivity contribution in [3.8, 4) is 6.07 Å². The van der Waals surface area contributed by atoms with Crippen LogP contribution < -0.4 is 5.32 Å². The third-order valence-corrected chi connectivity index (χ3v) is 4.00. The van der Waals surface area contributed by atoms with E-state index >= 15 is 0 Å². The van der Waals surface area contributed by atoms with Crippen molar-refractivity contribution in [2.45, 2.75) is 6.42 Å². The quantitative estimate of drug-likeness (QED) is 0.751. The molecule has 0 atom stereocenters. The molecule has 0 aliphatic rings. The molecule has 0 aliphatic heterocycles. The molecule has 0 saturated carbocycles. The van der Waals surface area contributed by atoms with Gasteiger partial charge in [-0.15, -0.1) is 0 Å². The van der Waals surface area contributed by atoms with E-state index in [-0.39, 0.29) is 0 Å². The number of halogens is 1. The number of anilines is 1. The first-order chi connectivity index (χ1) is 10.8. The van der Waals surface area contributed by atoms with Crippen LogP contribution in [-0.4, -0.2) is 11.5 Å². The molecule has 1 N–H and O–H groups in total. The van der Waals surface area contributed by atoms with E-state index in [2.05, 4.69) is 44.4 Å². The maximum absolute atomic E-state index is 9.32. The number of nitrogens with zero attached hydrogens (tertiary/aromatic N) is 2. The fourth-order valence-corrected chi connectivity index (χ4v) is 2.78. The van der Waals surface area contributed by atoms with Crippen LogP contribution in [0.15, 0.2) is 59.2 Å². The number of hydrogen-bond donors (Lipinski definition) is 1. The minimum atomic E-state index is 0.568. The van der Waals surface area contributed by atoms with Gasteiger partial charge < -0.3 is 5.32 Å². The molecule has 4 heteroatoms.